The first-order valence-electron chi connectivity index (χ1n) is 7.98. The third kappa shape index (κ3) is 4.23. The maximum atomic E-state index is 13.6. The molecule has 0 spiro atoms. The molecule has 1 atom stereocenters. The van der Waals surface area contributed by atoms with Crippen molar-refractivity contribution < 1.29 is 28.6 Å². The first-order valence-corrected chi connectivity index (χ1v) is 7.98. The van der Waals surface area contributed by atoms with Crippen LogP contribution in [0.3, 0.4) is 0 Å². The molecule has 1 heterocycles. The average molecular weight is 339 g/mol. The number of benzene rings is 1. The summed E-state index contributed by atoms with van der Waals surface area (Å²) in [6, 6.07) is 5.85. The van der Waals surface area contributed by atoms with Gasteiger partial charge in [-0.05, 0) is 31.4 Å². The third-order valence-electron chi connectivity index (χ3n) is 4.27. The summed E-state index contributed by atoms with van der Waals surface area (Å²) in [4.78, 5) is 23.9. The Bertz CT molecular complexity index is 586. The molecule has 1 aromatic carbocycles. The molecular formula is C17H22FNO5. The molecule has 0 bridgehead atoms. The van der Waals surface area contributed by atoms with Gasteiger partial charge >= 0.3 is 5.97 Å². The number of rotatable bonds is 7. The Morgan fingerprint density at radius 1 is 1.38 bits per heavy atom. The van der Waals surface area contributed by atoms with Crippen molar-refractivity contribution in [3.63, 3.8) is 0 Å². The second-order valence-corrected chi connectivity index (χ2v) is 5.86. The lowest BCUT2D eigenvalue weighted by Crippen LogP contribution is -2.49. The molecule has 7 heteroatoms. The van der Waals surface area contributed by atoms with Gasteiger partial charge in [0.15, 0.2) is 17.7 Å². The van der Waals surface area contributed by atoms with Crippen LogP contribution in [0, 0.1) is 11.2 Å². The average Bonchev–Trinajstić information content (AvgIpc) is 2.59. The number of carboxylic acids is 1. The zero-order valence-corrected chi connectivity index (χ0v) is 13.6. The highest BCUT2D eigenvalue weighted by molar-refractivity contribution is 5.82. The van der Waals surface area contributed by atoms with Gasteiger partial charge in [0, 0.05) is 19.8 Å². The van der Waals surface area contributed by atoms with Gasteiger partial charge in [0.25, 0.3) is 5.91 Å². The molecule has 2 N–H and O–H groups in total. The van der Waals surface area contributed by atoms with Crippen LogP contribution in [-0.4, -0.2) is 42.8 Å². The number of amides is 1. The summed E-state index contributed by atoms with van der Waals surface area (Å²) in [5.74, 6) is -1.95. The van der Waals surface area contributed by atoms with Gasteiger partial charge in [-0.1, -0.05) is 19.1 Å². The highest BCUT2D eigenvalue weighted by atomic mass is 19.1. The Kier molecular flexibility index (Phi) is 6.14. The molecular weight excluding hydrogens is 317 g/mol. The van der Waals surface area contributed by atoms with E-state index in [1.54, 1.807) is 13.0 Å². The van der Waals surface area contributed by atoms with Crippen LogP contribution in [0.5, 0.6) is 5.75 Å². The molecule has 0 aromatic heterocycles. The lowest BCUT2D eigenvalue weighted by Gasteiger charge is -2.33. The van der Waals surface area contributed by atoms with Crippen molar-refractivity contribution in [3.8, 4) is 5.75 Å². The highest BCUT2D eigenvalue weighted by Crippen LogP contribution is 2.30. The van der Waals surface area contributed by atoms with Gasteiger partial charge < -0.3 is 19.9 Å². The number of para-hydroxylation sites is 1. The summed E-state index contributed by atoms with van der Waals surface area (Å²) in [7, 11) is 0. The van der Waals surface area contributed by atoms with E-state index in [-0.39, 0.29) is 12.3 Å². The van der Waals surface area contributed by atoms with E-state index in [4.69, 9.17) is 9.47 Å². The Balaban J connectivity index is 1.98. The summed E-state index contributed by atoms with van der Waals surface area (Å²) in [5.41, 5.74) is -1.02. The van der Waals surface area contributed by atoms with E-state index < -0.39 is 29.2 Å². The van der Waals surface area contributed by atoms with Crippen LogP contribution in [0.4, 0.5) is 4.39 Å². The van der Waals surface area contributed by atoms with Gasteiger partial charge in [-0.2, -0.15) is 0 Å². The normalized spacial score (nSPS) is 17.8. The molecule has 1 amide bonds. The molecule has 1 unspecified atom stereocenters. The zero-order chi connectivity index (χ0) is 17.6. The van der Waals surface area contributed by atoms with Crippen molar-refractivity contribution in [1.29, 1.82) is 0 Å². The molecule has 24 heavy (non-hydrogen) atoms. The number of ether oxygens (including phenoxy) is 2. The minimum atomic E-state index is -1.02. The number of carboxylic acid groups (broad SMARTS) is 1. The number of halogens is 1. The van der Waals surface area contributed by atoms with Gasteiger partial charge in [0.1, 0.15) is 0 Å². The summed E-state index contributed by atoms with van der Waals surface area (Å²) in [5, 5.41) is 12.1. The molecule has 1 aliphatic rings. The van der Waals surface area contributed by atoms with Crippen molar-refractivity contribution in [3.05, 3.63) is 30.1 Å². The maximum Gasteiger partial charge on any atom is 0.311 e. The van der Waals surface area contributed by atoms with Crippen molar-refractivity contribution in [2.45, 2.75) is 32.3 Å². The quantitative estimate of drug-likeness (QED) is 0.793. The summed E-state index contributed by atoms with van der Waals surface area (Å²) in [6.07, 6.45) is 0.136. The predicted octanol–water partition coefficient (Wildman–Crippen LogP) is 1.98. The number of carbonyl (C=O) groups is 2. The van der Waals surface area contributed by atoms with E-state index in [2.05, 4.69) is 5.32 Å². The van der Waals surface area contributed by atoms with E-state index in [9.17, 15) is 19.1 Å². The number of hydrogen-bond donors (Lipinski definition) is 2. The number of nitrogens with one attached hydrogen (secondary N) is 1. The van der Waals surface area contributed by atoms with Crippen LogP contribution >= 0.6 is 0 Å². The SMILES string of the molecule is CCC(Oc1ccccc1F)C(=O)NCC1(C(=O)O)CCOCC1. The van der Waals surface area contributed by atoms with E-state index in [0.717, 1.165) is 0 Å². The van der Waals surface area contributed by atoms with Crippen molar-refractivity contribution in [2.24, 2.45) is 5.41 Å². The topological polar surface area (TPSA) is 84.9 Å². The molecule has 1 aliphatic heterocycles. The van der Waals surface area contributed by atoms with E-state index >= 15 is 0 Å². The smallest absolute Gasteiger partial charge is 0.311 e. The summed E-state index contributed by atoms with van der Waals surface area (Å²) in [6.45, 7) is 2.45. The summed E-state index contributed by atoms with van der Waals surface area (Å²) >= 11 is 0. The fourth-order valence-corrected chi connectivity index (χ4v) is 2.61. The van der Waals surface area contributed by atoms with Crippen molar-refractivity contribution in [1.82, 2.24) is 5.32 Å². The van der Waals surface area contributed by atoms with Crippen LogP contribution < -0.4 is 10.1 Å². The molecule has 1 aromatic rings. The Labute approximate surface area is 139 Å². The second-order valence-electron chi connectivity index (χ2n) is 5.86. The van der Waals surface area contributed by atoms with Crippen LogP contribution in [0.25, 0.3) is 0 Å². The Morgan fingerprint density at radius 3 is 2.62 bits per heavy atom. The number of hydrogen-bond acceptors (Lipinski definition) is 4. The van der Waals surface area contributed by atoms with Crippen LogP contribution in [-0.2, 0) is 14.3 Å². The lowest BCUT2D eigenvalue weighted by molar-refractivity contribution is -0.155. The van der Waals surface area contributed by atoms with Crippen LogP contribution in [0.15, 0.2) is 24.3 Å². The van der Waals surface area contributed by atoms with E-state index in [1.165, 1.54) is 18.2 Å². The number of aliphatic carboxylic acids is 1. The fraction of sp³-hybridized carbons (Fsp3) is 0.529. The molecule has 1 saturated heterocycles. The van der Waals surface area contributed by atoms with Gasteiger partial charge in [-0.15, -0.1) is 0 Å². The van der Waals surface area contributed by atoms with Crippen LogP contribution in [0.1, 0.15) is 26.2 Å². The molecule has 1 fully saturated rings. The molecule has 6 nitrogen and oxygen atoms in total. The summed E-state index contributed by atoms with van der Waals surface area (Å²) < 4.78 is 24.3. The maximum absolute atomic E-state index is 13.6. The van der Waals surface area contributed by atoms with Gasteiger partial charge in [-0.25, -0.2) is 4.39 Å². The largest absolute Gasteiger partial charge is 0.481 e. The third-order valence-corrected chi connectivity index (χ3v) is 4.27. The van der Waals surface area contributed by atoms with Crippen molar-refractivity contribution >= 4 is 11.9 Å². The molecule has 2 rings (SSSR count). The van der Waals surface area contributed by atoms with E-state index in [0.29, 0.717) is 32.5 Å². The van der Waals surface area contributed by atoms with Gasteiger partial charge in [0.05, 0.1) is 5.41 Å². The molecule has 0 aliphatic carbocycles. The molecule has 0 radical (unpaired) electrons. The monoisotopic (exact) mass is 339 g/mol. The minimum absolute atomic E-state index is 0.00138. The number of carbonyl (C=O) groups excluding carboxylic acids is 1. The van der Waals surface area contributed by atoms with Crippen LogP contribution in [0.2, 0.25) is 0 Å². The Morgan fingerprint density at radius 2 is 2.04 bits per heavy atom. The zero-order valence-electron chi connectivity index (χ0n) is 13.6. The van der Waals surface area contributed by atoms with Gasteiger partial charge in [-0.3, -0.25) is 9.59 Å². The predicted molar refractivity (Wildman–Crippen MR) is 84.2 cm³/mol. The first-order chi connectivity index (χ1) is 11.5. The first kappa shape index (κ1) is 18.2. The fourth-order valence-electron chi connectivity index (χ4n) is 2.61. The highest BCUT2D eigenvalue weighted by Gasteiger charge is 2.40. The second kappa shape index (κ2) is 8.10. The van der Waals surface area contributed by atoms with E-state index in [1.807, 2.05) is 0 Å². The Hall–Kier alpha value is -2.15. The standard InChI is InChI=1S/C17H22FNO5/c1-2-13(24-14-6-4-3-5-12(14)18)15(20)19-11-17(16(21)22)7-9-23-10-8-17/h3-6,13H,2,7-11H2,1H3,(H,19,20)(H,21,22). The molecule has 132 valence electrons. The lowest BCUT2D eigenvalue weighted by atomic mass is 9.80. The molecule has 0 saturated carbocycles. The van der Waals surface area contributed by atoms with Gasteiger partial charge in [0.2, 0.25) is 0 Å². The van der Waals surface area contributed by atoms with Crippen molar-refractivity contribution in [2.75, 3.05) is 19.8 Å². The minimum Gasteiger partial charge on any atom is -0.481 e.